The van der Waals surface area contributed by atoms with Gasteiger partial charge in [0, 0.05) is 6.04 Å². The van der Waals surface area contributed by atoms with Gasteiger partial charge in [0.1, 0.15) is 11.9 Å². The standard InChI is InChI=1S/C17H27NO/c1-16(2,3)12-6-8-13(9-7-12)19-14-10-11-17(4,5)15(14)18/h6-9,14-15H,10-11,18H2,1-5H3. The highest BCUT2D eigenvalue weighted by Crippen LogP contribution is 2.38. The number of rotatable bonds is 2. The Morgan fingerprint density at radius 3 is 2.16 bits per heavy atom. The summed E-state index contributed by atoms with van der Waals surface area (Å²) in [5, 5.41) is 0. The van der Waals surface area contributed by atoms with E-state index in [1.54, 1.807) is 0 Å². The quantitative estimate of drug-likeness (QED) is 0.877. The van der Waals surface area contributed by atoms with Crippen LogP contribution < -0.4 is 10.5 Å². The van der Waals surface area contributed by atoms with Gasteiger partial charge >= 0.3 is 0 Å². The Hall–Kier alpha value is -1.02. The van der Waals surface area contributed by atoms with E-state index in [1.807, 2.05) is 0 Å². The highest BCUT2D eigenvalue weighted by molar-refractivity contribution is 5.31. The highest BCUT2D eigenvalue weighted by atomic mass is 16.5. The van der Waals surface area contributed by atoms with Crippen molar-refractivity contribution in [2.45, 2.75) is 65.0 Å². The molecule has 2 N–H and O–H groups in total. The second kappa shape index (κ2) is 4.82. The monoisotopic (exact) mass is 261 g/mol. The lowest BCUT2D eigenvalue weighted by molar-refractivity contribution is 0.165. The van der Waals surface area contributed by atoms with Gasteiger partial charge in [-0.25, -0.2) is 0 Å². The highest BCUT2D eigenvalue weighted by Gasteiger charge is 2.40. The van der Waals surface area contributed by atoms with Crippen LogP contribution in [0.25, 0.3) is 0 Å². The first kappa shape index (κ1) is 14.4. The van der Waals surface area contributed by atoms with E-state index >= 15 is 0 Å². The molecule has 2 nitrogen and oxygen atoms in total. The van der Waals surface area contributed by atoms with Crippen molar-refractivity contribution in [2.24, 2.45) is 11.1 Å². The lowest BCUT2D eigenvalue weighted by Gasteiger charge is -2.27. The smallest absolute Gasteiger partial charge is 0.119 e. The molecule has 0 heterocycles. The zero-order valence-electron chi connectivity index (χ0n) is 12.9. The summed E-state index contributed by atoms with van der Waals surface area (Å²) in [7, 11) is 0. The normalized spacial score (nSPS) is 26.4. The molecule has 1 aromatic rings. The van der Waals surface area contributed by atoms with E-state index in [9.17, 15) is 0 Å². The molecule has 0 aliphatic heterocycles. The van der Waals surface area contributed by atoms with E-state index in [4.69, 9.17) is 10.5 Å². The predicted molar refractivity (Wildman–Crippen MR) is 80.5 cm³/mol. The number of benzene rings is 1. The van der Waals surface area contributed by atoms with Crippen LogP contribution in [0.3, 0.4) is 0 Å². The molecule has 2 atom stereocenters. The van der Waals surface area contributed by atoms with Crippen LogP contribution in [0.1, 0.15) is 53.0 Å². The molecule has 1 fully saturated rings. The number of ether oxygens (including phenoxy) is 1. The molecule has 2 heteroatoms. The van der Waals surface area contributed by atoms with E-state index in [0.29, 0.717) is 0 Å². The van der Waals surface area contributed by atoms with E-state index in [1.165, 1.54) is 5.56 Å². The van der Waals surface area contributed by atoms with Crippen LogP contribution in [-0.4, -0.2) is 12.1 Å². The maximum Gasteiger partial charge on any atom is 0.119 e. The zero-order chi connectivity index (χ0) is 14.3. The van der Waals surface area contributed by atoms with Crippen LogP contribution in [0, 0.1) is 5.41 Å². The van der Waals surface area contributed by atoms with Crippen LogP contribution in [-0.2, 0) is 5.41 Å². The summed E-state index contributed by atoms with van der Waals surface area (Å²) in [6.45, 7) is 11.1. The first-order chi connectivity index (χ1) is 8.70. The molecule has 1 saturated carbocycles. The summed E-state index contributed by atoms with van der Waals surface area (Å²) >= 11 is 0. The number of hydrogen-bond donors (Lipinski definition) is 1. The second-order valence-corrected chi connectivity index (χ2v) is 7.48. The van der Waals surface area contributed by atoms with E-state index in [0.717, 1.165) is 18.6 Å². The molecule has 1 aromatic carbocycles. The molecule has 0 bridgehead atoms. The minimum absolute atomic E-state index is 0.120. The Balaban J connectivity index is 2.05. The third kappa shape index (κ3) is 3.11. The lowest BCUT2D eigenvalue weighted by Crippen LogP contribution is -2.42. The van der Waals surface area contributed by atoms with Gasteiger partial charge in [-0.05, 0) is 41.4 Å². The van der Waals surface area contributed by atoms with E-state index in [-0.39, 0.29) is 23.0 Å². The average molecular weight is 261 g/mol. The Labute approximate surface area is 117 Å². The number of hydrogen-bond acceptors (Lipinski definition) is 2. The fraction of sp³-hybridized carbons (Fsp3) is 0.647. The molecule has 2 unspecified atom stereocenters. The maximum absolute atomic E-state index is 6.28. The van der Waals surface area contributed by atoms with Crippen molar-refractivity contribution in [3.8, 4) is 5.75 Å². The van der Waals surface area contributed by atoms with Crippen LogP contribution in [0.5, 0.6) is 5.75 Å². The van der Waals surface area contributed by atoms with Crippen molar-refractivity contribution >= 4 is 0 Å². The molecular formula is C17H27NO. The Morgan fingerprint density at radius 2 is 1.74 bits per heavy atom. The summed E-state index contributed by atoms with van der Waals surface area (Å²) in [6.07, 6.45) is 2.34. The van der Waals surface area contributed by atoms with Gasteiger partial charge < -0.3 is 10.5 Å². The molecule has 1 aliphatic carbocycles. The molecule has 0 saturated heterocycles. The minimum atomic E-state index is 0.120. The third-order valence-corrected chi connectivity index (χ3v) is 4.38. The Morgan fingerprint density at radius 1 is 1.16 bits per heavy atom. The number of nitrogens with two attached hydrogens (primary N) is 1. The topological polar surface area (TPSA) is 35.2 Å². The summed E-state index contributed by atoms with van der Waals surface area (Å²) < 4.78 is 6.07. The summed E-state index contributed by atoms with van der Waals surface area (Å²) in [5.74, 6) is 0.936. The molecule has 0 spiro atoms. The summed E-state index contributed by atoms with van der Waals surface area (Å²) in [6, 6.07) is 8.56. The molecule has 2 rings (SSSR count). The van der Waals surface area contributed by atoms with Gasteiger partial charge in [0.05, 0.1) is 0 Å². The van der Waals surface area contributed by atoms with Gasteiger partial charge in [0.15, 0.2) is 0 Å². The van der Waals surface area contributed by atoms with E-state index < -0.39 is 0 Å². The minimum Gasteiger partial charge on any atom is -0.489 e. The largest absolute Gasteiger partial charge is 0.489 e. The van der Waals surface area contributed by atoms with Crippen LogP contribution in [0.4, 0.5) is 0 Å². The Kier molecular flexibility index (Phi) is 3.65. The molecule has 0 amide bonds. The Bertz CT molecular complexity index is 428. The van der Waals surface area contributed by atoms with Crippen molar-refractivity contribution in [2.75, 3.05) is 0 Å². The van der Waals surface area contributed by atoms with Crippen molar-refractivity contribution in [3.63, 3.8) is 0 Å². The molecule has 0 aromatic heterocycles. The van der Waals surface area contributed by atoms with Crippen LogP contribution in [0.15, 0.2) is 24.3 Å². The van der Waals surface area contributed by atoms with Gasteiger partial charge in [0.25, 0.3) is 0 Å². The fourth-order valence-corrected chi connectivity index (χ4v) is 2.70. The predicted octanol–water partition coefficient (Wildman–Crippen LogP) is 3.88. The third-order valence-electron chi connectivity index (χ3n) is 4.38. The first-order valence-electron chi connectivity index (χ1n) is 7.23. The van der Waals surface area contributed by atoms with Gasteiger partial charge in [-0.1, -0.05) is 46.8 Å². The summed E-state index contributed by atoms with van der Waals surface area (Å²) in [4.78, 5) is 0. The zero-order valence-corrected chi connectivity index (χ0v) is 12.9. The lowest BCUT2D eigenvalue weighted by atomic mass is 9.87. The first-order valence-corrected chi connectivity index (χ1v) is 7.23. The van der Waals surface area contributed by atoms with Crippen molar-refractivity contribution in [3.05, 3.63) is 29.8 Å². The van der Waals surface area contributed by atoms with Gasteiger partial charge in [-0.2, -0.15) is 0 Å². The summed E-state index contributed by atoms with van der Waals surface area (Å²) in [5.41, 5.74) is 7.98. The second-order valence-electron chi connectivity index (χ2n) is 7.48. The SMILES string of the molecule is CC(C)(C)c1ccc(OC2CCC(C)(C)C2N)cc1. The van der Waals surface area contributed by atoms with E-state index in [2.05, 4.69) is 58.9 Å². The average Bonchev–Trinajstić information content (AvgIpc) is 2.56. The van der Waals surface area contributed by atoms with Crippen molar-refractivity contribution < 1.29 is 4.74 Å². The van der Waals surface area contributed by atoms with Crippen molar-refractivity contribution in [1.29, 1.82) is 0 Å². The van der Waals surface area contributed by atoms with Gasteiger partial charge in [-0.3, -0.25) is 0 Å². The molecule has 1 aliphatic rings. The van der Waals surface area contributed by atoms with Crippen LogP contribution >= 0.6 is 0 Å². The van der Waals surface area contributed by atoms with Gasteiger partial charge in [-0.15, -0.1) is 0 Å². The van der Waals surface area contributed by atoms with Gasteiger partial charge in [0.2, 0.25) is 0 Å². The maximum atomic E-state index is 6.28. The molecule has 19 heavy (non-hydrogen) atoms. The molecule has 106 valence electrons. The van der Waals surface area contributed by atoms with Crippen molar-refractivity contribution in [1.82, 2.24) is 0 Å². The van der Waals surface area contributed by atoms with Crippen LogP contribution in [0.2, 0.25) is 0 Å². The fourth-order valence-electron chi connectivity index (χ4n) is 2.70. The molecule has 0 radical (unpaired) electrons. The molecular weight excluding hydrogens is 234 g/mol.